The molecule has 0 atom stereocenters. The molecule has 10 nitrogen and oxygen atoms in total. The first-order chi connectivity index (χ1) is 18.7. The van der Waals surface area contributed by atoms with Crippen molar-refractivity contribution in [3.8, 4) is 17.2 Å². The Labute approximate surface area is 231 Å². The number of hydrogen-bond donors (Lipinski definition) is 1. The van der Waals surface area contributed by atoms with E-state index in [-0.39, 0.29) is 12.5 Å². The number of amides is 2. The van der Waals surface area contributed by atoms with Gasteiger partial charge in [-0.3, -0.25) is 19.0 Å². The highest BCUT2D eigenvalue weighted by atomic mass is 35.5. The number of carbonyl (C=O) groups is 2. The highest BCUT2D eigenvalue weighted by Crippen LogP contribution is 2.34. The second kappa shape index (κ2) is 10.6. The van der Waals surface area contributed by atoms with E-state index in [4.69, 9.17) is 21.1 Å². The molecule has 3 heterocycles. The first-order valence-corrected chi connectivity index (χ1v) is 13.2. The Bertz CT molecular complexity index is 1740. The number of hydrogen-bond acceptors (Lipinski definition) is 7. The van der Waals surface area contributed by atoms with E-state index in [1.807, 2.05) is 0 Å². The SMILES string of the molecule is COc1ccc(NC(=O)Cn2c(=O)n(-c3cccc(Cl)c3)c(=O)c3c4c(sc32)CN(C(C)=O)CC4)cc1OC. The van der Waals surface area contributed by atoms with E-state index in [0.717, 1.165) is 15.0 Å². The second-order valence-electron chi connectivity index (χ2n) is 8.98. The highest BCUT2D eigenvalue weighted by Gasteiger charge is 2.28. The number of ether oxygens (including phenoxy) is 2. The molecule has 1 aliphatic heterocycles. The third-order valence-electron chi connectivity index (χ3n) is 6.60. The minimum absolute atomic E-state index is 0.0684. The zero-order valence-electron chi connectivity index (χ0n) is 21.4. The summed E-state index contributed by atoms with van der Waals surface area (Å²) >= 11 is 7.43. The molecule has 5 rings (SSSR count). The summed E-state index contributed by atoms with van der Waals surface area (Å²) < 4.78 is 12.9. The van der Waals surface area contributed by atoms with E-state index in [1.54, 1.807) is 41.3 Å². The van der Waals surface area contributed by atoms with Gasteiger partial charge in [-0.15, -0.1) is 11.3 Å². The van der Waals surface area contributed by atoms with Crippen LogP contribution in [0.5, 0.6) is 11.5 Å². The van der Waals surface area contributed by atoms with Crippen LogP contribution in [-0.2, 0) is 29.1 Å². The van der Waals surface area contributed by atoms with Gasteiger partial charge in [0.25, 0.3) is 5.56 Å². The Hall–Kier alpha value is -4.09. The summed E-state index contributed by atoms with van der Waals surface area (Å²) in [6.07, 6.45) is 0.468. The van der Waals surface area contributed by atoms with Crippen LogP contribution in [-0.4, -0.2) is 46.6 Å². The van der Waals surface area contributed by atoms with Crippen molar-refractivity contribution in [3.63, 3.8) is 0 Å². The molecule has 0 bridgehead atoms. The summed E-state index contributed by atoms with van der Waals surface area (Å²) in [5.41, 5.74) is 0.395. The van der Waals surface area contributed by atoms with E-state index < -0.39 is 17.2 Å². The lowest BCUT2D eigenvalue weighted by Gasteiger charge is -2.25. The predicted molar refractivity (Wildman–Crippen MR) is 150 cm³/mol. The normalized spacial score (nSPS) is 12.8. The lowest BCUT2D eigenvalue weighted by molar-refractivity contribution is -0.129. The van der Waals surface area contributed by atoms with Crippen LogP contribution in [0, 0.1) is 0 Å². The fourth-order valence-electron chi connectivity index (χ4n) is 4.72. The van der Waals surface area contributed by atoms with Crippen molar-refractivity contribution in [2.45, 2.75) is 26.4 Å². The van der Waals surface area contributed by atoms with Gasteiger partial charge in [-0.1, -0.05) is 17.7 Å². The molecule has 1 N–H and O–H groups in total. The van der Waals surface area contributed by atoms with Crippen molar-refractivity contribution < 1.29 is 19.1 Å². The largest absolute Gasteiger partial charge is 0.493 e. The number of carbonyl (C=O) groups excluding carboxylic acids is 2. The molecular formula is C27H25ClN4O6S. The molecule has 2 amide bonds. The molecule has 4 aromatic rings. The minimum Gasteiger partial charge on any atom is -0.493 e. The van der Waals surface area contributed by atoms with Crippen LogP contribution in [0.15, 0.2) is 52.1 Å². The van der Waals surface area contributed by atoms with Crippen molar-refractivity contribution in [2.24, 2.45) is 0 Å². The summed E-state index contributed by atoms with van der Waals surface area (Å²) in [5, 5.41) is 3.52. The first kappa shape index (κ1) is 26.5. The van der Waals surface area contributed by atoms with Gasteiger partial charge >= 0.3 is 5.69 Å². The molecule has 0 radical (unpaired) electrons. The van der Waals surface area contributed by atoms with Gasteiger partial charge in [-0.2, -0.15) is 0 Å². The number of rotatable bonds is 6. The average molecular weight is 569 g/mol. The van der Waals surface area contributed by atoms with Gasteiger partial charge in [-0.05, 0) is 42.3 Å². The summed E-state index contributed by atoms with van der Waals surface area (Å²) in [6, 6.07) is 11.4. The Morgan fingerprint density at radius 3 is 2.54 bits per heavy atom. The summed E-state index contributed by atoms with van der Waals surface area (Å²) in [6.45, 7) is 1.95. The average Bonchev–Trinajstić information content (AvgIpc) is 3.30. The van der Waals surface area contributed by atoms with Crippen LogP contribution in [0.2, 0.25) is 5.02 Å². The third kappa shape index (κ3) is 4.90. The van der Waals surface area contributed by atoms with Crippen molar-refractivity contribution in [2.75, 3.05) is 26.1 Å². The molecule has 39 heavy (non-hydrogen) atoms. The molecule has 0 unspecified atom stereocenters. The molecule has 0 aliphatic carbocycles. The summed E-state index contributed by atoms with van der Waals surface area (Å²) in [5.74, 6) is 0.399. The molecule has 1 aliphatic rings. The lowest BCUT2D eigenvalue weighted by Crippen LogP contribution is -2.41. The third-order valence-corrected chi connectivity index (χ3v) is 8.08. The van der Waals surface area contributed by atoms with Gasteiger partial charge in [0, 0.05) is 35.1 Å². The molecule has 202 valence electrons. The molecule has 0 fully saturated rings. The van der Waals surface area contributed by atoms with Crippen LogP contribution in [0.25, 0.3) is 15.9 Å². The minimum atomic E-state index is -0.667. The van der Waals surface area contributed by atoms with Gasteiger partial charge < -0.3 is 19.7 Å². The molecule has 0 spiro atoms. The summed E-state index contributed by atoms with van der Waals surface area (Å²) in [4.78, 5) is 55.7. The number of benzene rings is 2. The van der Waals surface area contributed by atoms with E-state index in [0.29, 0.717) is 57.6 Å². The van der Waals surface area contributed by atoms with Crippen LogP contribution in [0.4, 0.5) is 5.69 Å². The van der Waals surface area contributed by atoms with Crippen molar-refractivity contribution in [3.05, 3.63) is 78.8 Å². The number of anilines is 1. The molecular weight excluding hydrogens is 544 g/mol. The number of halogens is 1. The Balaban J connectivity index is 1.63. The van der Waals surface area contributed by atoms with E-state index in [1.165, 1.54) is 43.1 Å². The topological polar surface area (TPSA) is 112 Å². The standard InChI is InChI=1S/C27H25ClN4O6S/c1-15(33)30-10-9-19-22(13-30)39-26-24(19)25(35)32(18-6-4-5-16(28)11-18)27(36)31(26)14-23(34)29-17-7-8-20(37-2)21(12-17)38-3/h4-8,11-12H,9-10,13-14H2,1-3H3,(H,29,34). The summed E-state index contributed by atoms with van der Waals surface area (Å²) in [7, 11) is 3.00. The number of nitrogens with one attached hydrogen (secondary N) is 1. The van der Waals surface area contributed by atoms with Gasteiger partial charge in [0.1, 0.15) is 11.4 Å². The molecule has 0 saturated carbocycles. The van der Waals surface area contributed by atoms with Crippen molar-refractivity contribution in [1.82, 2.24) is 14.0 Å². The van der Waals surface area contributed by atoms with Crippen molar-refractivity contribution in [1.29, 1.82) is 0 Å². The predicted octanol–water partition coefficient (Wildman–Crippen LogP) is 3.43. The maximum Gasteiger partial charge on any atom is 0.337 e. The smallest absolute Gasteiger partial charge is 0.337 e. The Morgan fingerprint density at radius 1 is 1.08 bits per heavy atom. The van der Waals surface area contributed by atoms with Gasteiger partial charge in [0.05, 0.1) is 31.8 Å². The van der Waals surface area contributed by atoms with Gasteiger partial charge in [0.15, 0.2) is 11.5 Å². The van der Waals surface area contributed by atoms with Crippen LogP contribution in [0.3, 0.4) is 0 Å². The molecule has 12 heteroatoms. The van der Waals surface area contributed by atoms with Crippen molar-refractivity contribution >= 4 is 50.7 Å². The second-order valence-corrected chi connectivity index (χ2v) is 10.5. The maximum absolute atomic E-state index is 13.8. The monoisotopic (exact) mass is 568 g/mol. The number of aromatic nitrogens is 2. The van der Waals surface area contributed by atoms with E-state index in [9.17, 15) is 19.2 Å². The van der Waals surface area contributed by atoms with Gasteiger partial charge in [-0.25, -0.2) is 9.36 Å². The van der Waals surface area contributed by atoms with Crippen LogP contribution < -0.4 is 26.0 Å². The van der Waals surface area contributed by atoms with Gasteiger partial charge in [0.2, 0.25) is 11.8 Å². The first-order valence-electron chi connectivity index (χ1n) is 12.0. The molecule has 0 saturated heterocycles. The maximum atomic E-state index is 13.8. The lowest BCUT2D eigenvalue weighted by atomic mass is 10.1. The van der Waals surface area contributed by atoms with E-state index >= 15 is 0 Å². The van der Waals surface area contributed by atoms with Crippen LogP contribution in [0.1, 0.15) is 17.4 Å². The zero-order chi connectivity index (χ0) is 27.8. The number of nitrogens with zero attached hydrogens (tertiary/aromatic N) is 3. The molecule has 2 aromatic carbocycles. The van der Waals surface area contributed by atoms with E-state index in [2.05, 4.69) is 5.32 Å². The quantitative estimate of drug-likeness (QED) is 0.381. The fourth-order valence-corrected chi connectivity index (χ4v) is 6.25. The van der Waals surface area contributed by atoms with Crippen LogP contribution >= 0.6 is 22.9 Å². The number of thiophene rings is 1. The highest BCUT2D eigenvalue weighted by molar-refractivity contribution is 7.18. The number of methoxy groups -OCH3 is 2. The zero-order valence-corrected chi connectivity index (χ0v) is 23.0. The Kier molecular flexibility index (Phi) is 7.19. The fraction of sp³-hybridized carbons (Fsp3) is 0.259. The number of fused-ring (bicyclic) bond motifs is 3. The molecule has 2 aromatic heterocycles. The Morgan fingerprint density at radius 2 is 1.85 bits per heavy atom.